The molecule has 0 bridgehead atoms. The summed E-state index contributed by atoms with van der Waals surface area (Å²) in [6.45, 7) is 4.57. The van der Waals surface area contributed by atoms with Gasteiger partial charge in [0.05, 0.1) is 11.7 Å². The minimum absolute atomic E-state index is 0.236. The predicted molar refractivity (Wildman–Crippen MR) is 70.9 cm³/mol. The summed E-state index contributed by atoms with van der Waals surface area (Å²) in [4.78, 5) is 4.44. The molecule has 1 aromatic heterocycles. The zero-order valence-corrected chi connectivity index (χ0v) is 11.0. The van der Waals surface area contributed by atoms with Crippen molar-refractivity contribution in [3.63, 3.8) is 0 Å². The first-order valence-corrected chi connectivity index (χ1v) is 6.23. The number of aryl methyl sites for hydroxylation is 1. The fourth-order valence-corrected chi connectivity index (χ4v) is 2.01. The molecule has 1 N–H and O–H groups in total. The molecule has 0 spiro atoms. The zero-order valence-electron chi connectivity index (χ0n) is 11.0. The van der Waals surface area contributed by atoms with Crippen LogP contribution in [0.3, 0.4) is 0 Å². The molecule has 0 aliphatic heterocycles. The maximum Gasteiger partial charge on any atom is 0.159 e. The van der Waals surface area contributed by atoms with Gasteiger partial charge in [-0.2, -0.15) is 0 Å². The van der Waals surface area contributed by atoms with Gasteiger partial charge in [0.1, 0.15) is 0 Å². The highest BCUT2D eigenvalue weighted by molar-refractivity contribution is 5.29. The van der Waals surface area contributed by atoms with Gasteiger partial charge >= 0.3 is 0 Å². The minimum atomic E-state index is -0.840. The molecule has 0 radical (unpaired) electrons. The summed E-state index contributed by atoms with van der Waals surface area (Å²) < 4.78 is 26.4. The third kappa shape index (κ3) is 3.15. The fourth-order valence-electron chi connectivity index (χ4n) is 2.01. The Labute approximate surface area is 111 Å². The number of hydrogen-bond acceptors (Lipinski definition) is 2. The van der Waals surface area contributed by atoms with E-state index >= 15 is 0 Å². The maximum atomic E-state index is 13.4. The zero-order chi connectivity index (χ0) is 13.8. The van der Waals surface area contributed by atoms with Crippen LogP contribution in [0.1, 0.15) is 29.9 Å². The Balaban J connectivity index is 2.42. The Hall–Kier alpha value is -1.81. The number of halogens is 2. The molecular weight excluding hydrogens is 246 g/mol. The van der Waals surface area contributed by atoms with E-state index in [2.05, 4.69) is 10.3 Å². The molecule has 4 heteroatoms. The summed E-state index contributed by atoms with van der Waals surface area (Å²) in [5, 5.41) is 3.24. The van der Waals surface area contributed by atoms with Gasteiger partial charge < -0.3 is 5.32 Å². The van der Waals surface area contributed by atoms with Gasteiger partial charge in [-0.05, 0) is 43.3 Å². The Kier molecular flexibility index (Phi) is 4.22. The van der Waals surface area contributed by atoms with Crippen LogP contribution in [-0.2, 0) is 0 Å². The first-order chi connectivity index (χ1) is 9.11. The maximum absolute atomic E-state index is 13.4. The van der Waals surface area contributed by atoms with E-state index in [0.717, 1.165) is 17.5 Å². The van der Waals surface area contributed by atoms with Crippen molar-refractivity contribution in [2.75, 3.05) is 6.54 Å². The van der Waals surface area contributed by atoms with E-state index in [1.807, 2.05) is 32.0 Å². The number of rotatable bonds is 4. The second kappa shape index (κ2) is 5.89. The smallest absolute Gasteiger partial charge is 0.159 e. The Morgan fingerprint density at radius 3 is 2.58 bits per heavy atom. The standard InChI is InChI=1S/C15H16F2N2/c1-3-18-15(14-6-4-5-10(2)19-14)11-7-8-12(16)13(17)9-11/h4-9,15,18H,3H2,1-2H3. The van der Waals surface area contributed by atoms with Crippen molar-refractivity contribution in [3.8, 4) is 0 Å². The number of pyridine rings is 1. The molecule has 2 aromatic rings. The second-order valence-corrected chi connectivity index (χ2v) is 4.37. The van der Waals surface area contributed by atoms with Crippen LogP contribution in [0.15, 0.2) is 36.4 Å². The topological polar surface area (TPSA) is 24.9 Å². The number of nitrogens with one attached hydrogen (secondary N) is 1. The average Bonchev–Trinajstić information content (AvgIpc) is 2.39. The van der Waals surface area contributed by atoms with E-state index in [1.165, 1.54) is 6.07 Å². The molecule has 2 nitrogen and oxygen atoms in total. The molecule has 2 rings (SSSR count). The summed E-state index contributed by atoms with van der Waals surface area (Å²) in [6.07, 6.45) is 0. The lowest BCUT2D eigenvalue weighted by molar-refractivity contribution is 0.503. The molecule has 0 amide bonds. The Morgan fingerprint density at radius 1 is 1.16 bits per heavy atom. The van der Waals surface area contributed by atoms with Gasteiger partial charge in [-0.15, -0.1) is 0 Å². The fraction of sp³-hybridized carbons (Fsp3) is 0.267. The Morgan fingerprint density at radius 2 is 1.95 bits per heavy atom. The highest BCUT2D eigenvalue weighted by Crippen LogP contribution is 2.22. The van der Waals surface area contributed by atoms with Gasteiger partial charge in [-0.1, -0.05) is 19.1 Å². The predicted octanol–water partition coefficient (Wildman–Crippen LogP) is 3.37. The third-order valence-corrected chi connectivity index (χ3v) is 2.89. The van der Waals surface area contributed by atoms with Gasteiger partial charge in [0, 0.05) is 5.69 Å². The first kappa shape index (κ1) is 13.6. The summed E-state index contributed by atoms with van der Waals surface area (Å²) in [5.74, 6) is -1.68. The van der Waals surface area contributed by atoms with Crippen molar-refractivity contribution < 1.29 is 8.78 Å². The van der Waals surface area contributed by atoms with E-state index in [0.29, 0.717) is 12.1 Å². The number of aromatic nitrogens is 1. The molecular formula is C15H16F2N2. The van der Waals surface area contributed by atoms with Crippen molar-refractivity contribution in [2.24, 2.45) is 0 Å². The largest absolute Gasteiger partial charge is 0.305 e. The van der Waals surface area contributed by atoms with E-state index in [4.69, 9.17) is 0 Å². The lowest BCUT2D eigenvalue weighted by Gasteiger charge is -2.18. The minimum Gasteiger partial charge on any atom is -0.305 e. The summed E-state index contributed by atoms with van der Waals surface area (Å²) in [6, 6.07) is 9.38. The van der Waals surface area contributed by atoms with E-state index in [1.54, 1.807) is 6.07 Å². The molecule has 0 fully saturated rings. The summed E-state index contributed by atoms with van der Waals surface area (Å²) in [7, 11) is 0. The lowest BCUT2D eigenvalue weighted by atomic mass is 10.0. The van der Waals surface area contributed by atoms with E-state index in [-0.39, 0.29) is 6.04 Å². The molecule has 1 unspecified atom stereocenters. The highest BCUT2D eigenvalue weighted by Gasteiger charge is 2.16. The van der Waals surface area contributed by atoms with Crippen LogP contribution in [0.4, 0.5) is 8.78 Å². The van der Waals surface area contributed by atoms with Gasteiger partial charge in [0.15, 0.2) is 11.6 Å². The van der Waals surface area contributed by atoms with Crippen LogP contribution in [0.25, 0.3) is 0 Å². The number of benzene rings is 1. The van der Waals surface area contributed by atoms with E-state index in [9.17, 15) is 8.78 Å². The van der Waals surface area contributed by atoms with Gasteiger partial charge in [-0.25, -0.2) is 8.78 Å². The van der Waals surface area contributed by atoms with Crippen LogP contribution in [-0.4, -0.2) is 11.5 Å². The third-order valence-electron chi connectivity index (χ3n) is 2.89. The number of hydrogen-bond donors (Lipinski definition) is 1. The molecule has 0 aliphatic rings. The molecule has 19 heavy (non-hydrogen) atoms. The van der Waals surface area contributed by atoms with Gasteiger partial charge in [0.25, 0.3) is 0 Å². The lowest BCUT2D eigenvalue weighted by Crippen LogP contribution is -2.23. The van der Waals surface area contributed by atoms with Crippen LogP contribution < -0.4 is 5.32 Å². The van der Waals surface area contributed by atoms with Gasteiger partial charge in [0.2, 0.25) is 0 Å². The summed E-state index contributed by atoms with van der Waals surface area (Å²) >= 11 is 0. The van der Waals surface area contributed by atoms with Crippen molar-refractivity contribution in [1.82, 2.24) is 10.3 Å². The molecule has 1 heterocycles. The van der Waals surface area contributed by atoms with Crippen LogP contribution in [0.5, 0.6) is 0 Å². The molecule has 0 aliphatic carbocycles. The molecule has 100 valence electrons. The second-order valence-electron chi connectivity index (χ2n) is 4.37. The Bertz CT molecular complexity index is 570. The number of nitrogens with zero attached hydrogens (tertiary/aromatic N) is 1. The van der Waals surface area contributed by atoms with Crippen molar-refractivity contribution >= 4 is 0 Å². The molecule has 1 atom stereocenters. The quantitative estimate of drug-likeness (QED) is 0.913. The van der Waals surface area contributed by atoms with E-state index < -0.39 is 11.6 Å². The monoisotopic (exact) mass is 262 g/mol. The van der Waals surface area contributed by atoms with Crippen LogP contribution in [0, 0.1) is 18.6 Å². The normalized spacial score (nSPS) is 12.4. The van der Waals surface area contributed by atoms with Crippen LogP contribution >= 0.6 is 0 Å². The molecule has 1 aromatic carbocycles. The SMILES string of the molecule is CCNC(c1ccc(F)c(F)c1)c1cccc(C)n1. The van der Waals surface area contributed by atoms with Crippen molar-refractivity contribution in [3.05, 3.63) is 65.0 Å². The van der Waals surface area contributed by atoms with Crippen molar-refractivity contribution in [2.45, 2.75) is 19.9 Å². The molecule has 0 saturated heterocycles. The van der Waals surface area contributed by atoms with Gasteiger partial charge in [-0.3, -0.25) is 4.98 Å². The average molecular weight is 262 g/mol. The van der Waals surface area contributed by atoms with Crippen molar-refractivity contribution in [1.29, 1.82) is 0 Å². The molecule has 0 saturated carbocycles. The highest BCUT2D eigenvalue weighted by atomic mass is 19.2. The summed E-state index contributed by atoms with van der Waals surface area (Å²) in [5.41, 5.74) is 2.36. The van der Waals surface area contributed by atoms with Crippen LogP contribution in [0.2, 0.25) is 0 Å². The first-order valence-electron chi connectivity index (χ1n) is 6.23.